The quantitative estimate of drug-likeness (QED) is 0.729. The number of carbonyl (C=O) groups excluding carboxylic acids is 2. The zero-order valence-electron chi connectivity index (χ0n) is 18.3. The highest BCUT2D eigenvalue weighted by Gasteiger charge is 2.36. The van der Waals surface area contributed by atoms with Crippen LogP contribution in [0.15, 0.2) is 42.6 Å². The summed E-state index contributed by atoms with van der Waals surface area (Å²) < 4.78 is 5.73. The van der Waals surface area contributed by atoms with E-state index in [-0.39, 0.29) is 29.9 Å². The van der Waals surface area contributed by atoms with Crippen LogP contribution in [-0.4, -0.2) is 49.1 Å². The predicted octanol–water partition coefficient (Wildman–Crippen LogP) is 3.26. The van der Waals surface area contributed by atoms with Crippen LogP contribution in [-0.2, 0) is 14.9 Å². The zero-order chi connectivity index (χ0) is 22.0. The van der Waals surface area contributed by atoms with Gasteiger partial charge in [0.1, 0.15) is 5.82 Å². The summed E-state index contributed by atoms with van der Waals surface area (Å²) >= 11 is 0. The second-order valence-electron chi connectivity index (χ2n) is 9.12. The molecule has 1 aromatic carbocycles. The van der Waals surface area contributed by atoms with E-state index in [1.807, 2.05) is 6.07 Å². The molecular formula is C25H30N4O3. The van der Waals surface area contributed by atoms with E-state index in [9.17, 15) is 9.59 Å². The number of ether oxygens (including phenoxy) is 1. The van der Waals surface area contributed by atoms with Crippen molar-refractivity contribution in [3.63, 3.8) is 0 Å². The minimum atomic E-state index is -0.155. The summed E-state index contributed by atoms with van der Waals surface area (Å²) in [5, 5.41) is 6.22. The molecule has 1 unspecified atom stereocenters. The molecule has 2 aromatic rings. The first kappa shape index (κ1) is 20.9. The molecule has 1 aromatic heterocycles. The fraction of sp³-hybridized carbons (Fsp3) is 0.480. The molecule has 2 aliphatic heterocycles. The fourth-order valence-electron chi connectivity index (χ4n) is 5.26. The molecule has 2 fully saturated rings. The monoisotopic (exact) mass is 434 g/mol. The molecule has 2 amide bonds. The molecule has 7 heteroatoms. The molecule has 32 heavy (non-hydrogen) atoms. The van der Waals surface area contributed by atoms with Crippen LogP contribution in [0, 0.1) is 0 Å². The SMILES string of the molecule is O=C(NCC1(c2ccccc2)CCCC1)c1cnc2c(c1)N(CC1CCCO1)C(=O)CN2. The van der Waals surface area contributed by atoms with Gasteiger partial charge in [-0.05, 0) is 37.3 Å². The van der Waals surface area contributed by atoms with Crippen LogP contribution < -0.4 is 15.5 Å². The third-order valence-corrected chi connectivity index (χ3v) is 7.07. The number of nitrogens with zero attached hydrogens (tertiary/aromatic N) is 2. The summed E-state index contributed by atoms with van der Waals surface area (Å²) in [4.78, 5) is 31.9. The number of anilines is 2. The van der Waals surface area contributed by atoms with Gasteiger partial charge < -0.3 is 20.3 Å². The third-order valence-electron chi connectivity index (χ3n) is 7.07. The summed E-state index contributed by atoms with van der Waals surface area (Å²) in [5.74, 6) is 0.453. The van der Waals surface area contributed by atoms with Crippen LogP contribution in [0.4, 0.5) is 11.5 Å². The van der Waals surface area contributed by atoms with E-state index in [1.165, 1.54) is 18.4 Å². The Bertz CT molecular complexity index is 982. The molecular weight excluding hydrogens is 404 g/mol. The number of nitrogens with one attached hydrogen (secondary N) is 2. The first-order chi connectivity index (χ1) is 15.6. The Balaban J connectivity index is 1.33. The van der Waals surface area contributed by atoms with Crippen molar-refractivity contribution < 1.29 is 14.3 Å². The lowest BCUT2D eigenvalue weighted by Crippen LogP contribution is -2.44. The topological polar surface area (TPSA) is 83.6 Å². The Kier molecular flexibility index (Phi) is 5.83. The minimum Gasteiger partial charge on any atom is -0.376 e. The molecule has 2 N–H and O–H groups in total. The smallest absolute Gasteiger partial charge is 0.252 e. The van der Waals surface area contributed by atoms with E-state index in [1.54, 1.807) is 17.2 Å². The Labute approximate surface area is 188 Å². The largest absolute Gasteiger partial charge is 0.376 e. The number of pyridine rings is 1. The van der Waals surface area contributed by atoms with Gasteiger partial charge in [-0.25, -0.2) is 4.98 Å². The maximum atomic E-state index is 13.1. The molecule has 0 radical (unpaired) electrons. The number of rotatable bonds is 6. The van der Waals surface area contributed by atoms with Crippen molar-refractivity contribution in [3.8, 4) is 0 Å². The van der Waals surface area contributed by atoms with Crippen molar-refractivity contribution in [2.75, 3.05) is 36.5 Å². The van der Waals surface area contributed by atoms with Crippen molar-refractivity contribution in [2.24, 2.45) is 0 Å². The number of benzene rings is 1. The number of hydrogen-bond acceptors (Lipinski definition) is 5. The fourth-order valence-corrected chi connectivity index (χ4v) is 5.26. The van der Waals surface area contributed by atoms with Gasteiger partial charge in [0, 0.05) is 24.8 Å². The molecule has 1 aliphatic carbocycles. The van der Waals surface area contributed by atoms with Crippen molar-refractivity contribution in [2.45, 2.75) is 50.0 Å². The van der Waals surface area contributed by atoms with Crippen molar-refractivity contribution in [3.05, 3.63) is 53.7 Å². The van der Waals surface area contributed by atoms with Crippen LogP contribution in [0.1, 0.15) is 54.4 Å². The van der Waals surface area contributed by atoms with Crippen molar-refractivity contribution >= 4 is 23.3 Å². The first-order valence-corrected chi connectivity index (χ1v) is 11.6. The van der Waals surface area contributed by atoms with Gasteiger partial charge in [-0.3, -0.25) is 9.59 Å². The molecule has 168 valence electrons. The summed E-state index contributed by atoms with van der Waals surface area (Å²) in [7, 11) is 0. The van der Waals surface area contributed by atoms with E-state index >= 15 is 0 Å². The van der Waals surface area contributed by atoms with Gasteiger partial charge in [-0.15, -0.1) is 0 Å². The lowest BCUT2D eigenvalue weighted by Gasteiger charge is -2.32. The zero-order valence-corrected chi connectivity index (χ0v) is 18.3. The van der Waals surface area contributed by atoms with Gasteiger partial charge in [0.25, 0.3) is 5.91 Å². The van der Waals surface area contributed by atoms with Crippen LogP contribution in [0.2, 0.25) is 0 Å². The van der Waals surface area contributed by atoms with Gasteiger partial charge in [-0.2, -0.15) is 0 Å². The average molecular weight is 435 g/mol. The number of carbonyl (C=O) groups is 2. The molecule has 3 heterocycles. The van der Waals surface area contributed by atoms with Gasteiger partial charge in [0.15, 0.2) is 0 Å². The molecule has 1 saturated carbocycles. The summed E-state index contributed by atoms with van der Waals surface area (Å²) in [5.41, 5.74) is 2.41. The van der Waals surface area contributed by atoms with Gasteiger partial charge in [-0.1, -0.05) is 43.2 Å². The van der Waals surface area contributed by atoms with E-state index in [2.05, 4.69) is 39.9 Å². The predicted molar refractivity (Wildman–Crippen MR) is 123 cm³/mol. The molecule has 7 nitrogen and oxygen atoms in total. The number of hydrogen-bond donors (Lipinski definition) is 2. The van der Waals surface area contributed by atoms with Gasteiger partial charge in [0.05, 0.1) is 30.4 Å². The van der Waals surface area contributed by atoms with Crippen LogP contribution >= 0.6 is 0 Å². The molecule has 1 atom stereocenters. The normalized spacial score (nSPS) is 21.8. The van der Waals surface area contributed by atoms with E-state index < -0.39 is 0 Å². The highest BCUT2D eigenvalue weighted by molar-refractivity contribution is 6.04. The highest BCUT2D eigenvalue weighted by atomic mass is 16.5. The average Bonchev–Trinajstić information content (AvgIpc) is 3.53. The summed E-state index contributed by atoms with van der Waals surface area (Å²) in [6, 6.07) is 12.3. The minimum absolute atomic E-state index is 0.0120. The standard InChI is InChI=1S/C25H30N4O3/c30-22-15-27-23-21(29(22)16-20-9-6-12-32-20)13-18(14-26-23)24(31)28-17-25(10-4-5-11-25)19-7-2-1-3-8-19/h1-3,7-8,13-14,20H,4-6,9-12,15-17H2,(H,26,27)(H,28,31). The van der Waals surface area contributed by atoms with Crippen LogP contribution in [0.25, 0.3) is 0 Å². The number of aromatic nitrogens is 1. The summed E-state index contributed by atoms with van der Waals surface area (Å²) in [6.45, 7) is 2.04. The van der Waals surface area contributed by atoms with E-state index in [0.29, 0.717) is 30.2 Å². The lowest BCUT2D eigenvalue weighted by molar-refractivity contribution is -0.117. The summed E-state index contributed by atoms with van der Waals surface area (Å²) in [6.07, 6.45) is 8.10. The van der Waals surface area contributed by atoms with Crippen molar-refractivity contribution in [1.82, 2.24) is 10.3 Å². The Morgan fingerprint density at radius 2 is 2.03 bits per heavy atom. The molecule has 3 aliphatic rings. The Morgan fingerprint density at radius 1 is 1.22 bits per heavy atom. The van der Waals surface area contributed by atoms with Gasteiger partial charge >= 0.3 is 0 Å². The van der Waals surface area contributed by atoms with Crippen molar-refractivity contribution in [1.29, 1.82) is 0 Å². The molecule has 0 bridgehead atoms. The van der Waals surface area contributed by atoms with E-state index in [0.717, 1.165) is 32.3 Å². The molecule has 1 saturated heterocycles. The highest BCUT2D eigenvalue weighted by Crippen LogP contribution is 2.40. The van der Waals surface area contributed by atoms with Crippen LogP contribution in [0.3, 0.4) is 0 Å². The third kappa shape index (κ3) is 4.09. The number of amides is 2. The first-order valence-electron chi connectivity index (χ1n) is 11.6. The Morgan fingerprint density at radius 3 is 2.78 bits per heavy atom. The number of fused-ring (bicyclic) bond motifs is 1. The van der Waals surface area contributed by atoms with Crippen LogP contribution in [0.5, 0.6) is 0 Å². The van der Waals surface area contributed by atoms with Gasteiger partial charge in [0.2, 0.25) is 5.91 Å². The maximum Gasteiger partial charge on any atom is 0.252 e. The second-order valence-corrected chi connectivity index (χ2v) is 9.12. The Hall–Kier alpha value is -2.93. The molecule has 5 rings (SSSR count). The maximum absolute atomic E-state index is 13.1. The second kappa shape index (κ2) is 8.90. The molecule has 0 spiro atoms. The van der Waals surface area contributed by atoms with E-state index in [4.69, 9.17) is 4.74 Å². The lowest BCUT2D eigenvalue weighted by atomic mass is 9.79.